The van der Waals surface area contributed by atoms with Gasteiger partial charge in [-0.3, -0.25) is 9.78 Å². The van der Waals surface area contributed by atoms with Crippen LogP contribution in [-0.2, 0) is 11.2 Å². The Kier molecular flexibility index (Phi) is 5.87. The molecule has 1 aromatic carbocycles. The maximum Gasteiger partial charge on any atom is 0.225 e. The van der Waals surface area contributed by atoms with Gasteiger partial charge in [0.15, 0.2) is 0 Å². The van der Waals surface area contributed by atoms with Gasteiger partial charge >= 0.3 is 0 Å². The van der Waals surface area contributed by atoms with E-state index in [1.165, 1.54) is 22.4 Å². The minimum atomic E-state index is -0.222. The molecule has 1 aromatic heterocycles. The summed E-state index contributed by atoms with van der Waals surface area (Å²) in [6, 6.07) is 10.3. The molecule has 1 N–H and O–H groups in total. The number of aromatic nitrogens is 1. The van der Waals surface area contributed by atoms with Crippen molar-refractivity contribution >= 4 is 23.2 Å². The Morgan fingerprint density at radius 3 is 2.44 bits per heavy atom. The van der Waals surface area contributed by atoms with Gasteiger partial charge in [-0.15, -0.1) is 0 Å². The summed E-state index contributed by atoms with van der Waals surface area (Å²) in [4.78, 5) is 22.0. The molecule has 0 radical (unpaired) electrons. The molecule has 1 amide bonds. The molecule has 2 aromatic rings. The molecule has 1 saturated carbocycles. The average Bonchev–Trinajstić information content (AvgIpc) is 3.29. The molecule has 5 rings (SSSR count). The molecule has 0 bridgehead atoms. The maximum absolute atomic E-state index is 12.9. The standard InChI is InChI=1S/C26H31N3O3/c1-32-22-8-4-18(5-9-22)20-16-23-24(17-20)27-11-10-25(23)28-12-14-29(15-13-28)26(31)19-2-6-21(30)7-3-19/h4-5,8-11,16,19,21,30H,2-3,6-7,12-15,17H2,1H3. The summed E-state index contributed by atoms with van der Waals surface area (Å²) in [6.07, 6.45) is 7.93. The van der Waals surface area contributed by atoms with E-state index in [9.17, 15) is 9.90 Å². The summed E-state index contributed by atoms with van der Waals surface area (Å²) < 4.78 is 5.28. The van der Waals surface area contributed by atoms with Crippen LogP contribution < -0.4 is 9.64 Å². The van der Waals surface area contributed by atoms with Gasteiger partial charge in [0.25, 0.3) is 0 Å². The number of aliphatic hydroxyl groups excluding tert-OH is 1. The van der Waals surface area contributed by atoms with Crippen molar-refractivity contribution in [3.63, 3.8) is 0 Å². The zero-order valence-corrected chi connectivity index (χ0v) is 18.7. The molecule has 0 unspecified atom stereocenters. The molecule has 0 spiro atoms. The van der Waals surface area contributed by atoms with Crippen LogP contribution in [0.25, 0.3) is 11.6 Å². The van der Waals surface area contributed by atoms with Crippen molar-refractivity contribution in [3.05, 3.63) is 53.3 Å². The van der Waals surface area contributed by atoms with Crippen molar-refractivity contribution in [1.82, 2.24) is 9.88 Å². The molecular formula is C26H31N3O3. The number of carbonyl (C=O) groups is 1. The van der Waals surface area contributed by atoms with E-state index in [0.29, 0.717) is 0 Å². The van der Waals surface area contributed by atoms with Crippen LogP contribution in [0.1, 0.15) is 42.5 Å². The number of ether oxygens (including phenoxy) is 1. The Balaban J connectivity index is 1.27. The normalized spacial score (nSPS) is 23.0. The SMILES string of the molecule is COc1ccc(C2=Cc3c(N4CCN(C(=O)C5CCC(O)CC5)CC4)ccnc3C2)cc1. The molecular weight excluding hydrogens is 402 g/mol. The molecule has 6 heteroatoms. The second kappa shape index (κ2) is 8.94. The number of nitrogens with zero attached hydrogens (tertiary/aromatic N) is 3. The fraction of sp³-hybridized carbons (Fsp3) is 0.462. The van der Waals surface area contributed by atoms with Crippen LogP contribution in [0.3, 0.4) is 0 Å². The third-order valence-corrected chi connectivity index (χ3v) is 7.16. The third kappa shape index (κ3) is 4.11. The van der Waals surface area contributed by atoms with Gasteiger partial charge in [-0.05, 0) is 61.1 Å². The lowest BCUT2D eigenvalue weighted by atomic mass is 9.86. The van der Waals surface area contributed by atoms with Crippen molar-refractivity contribution in [2.24, 2.45) is 5.92 Å². The number of hydrogen-bond acceptors (Lipinski definition) is 5. The predicted molar refractivity (Wildman–Crippen MR) is 126 cm³/mol. The summed E-state index contributed by atoms with van der Waals surface area (Å²) in [7, 11) is 1.68. The quantitative estimate of drug-likeness (QED) is 0.801. The van der Waals surface area contributed by atoms with Gasteiger partial charge in [-0.25, -0.2) is 0 Å². The number of pyridine rings is 1. The molecule has 2 aliphatic carbocycles. The number of carbonyl (C=O) groups excluding carboxylic acids is 1. The van der Waals surface area contributed by atoms with Crippen LogP contribution in [0, 0.1) is 5.92 Å². The zero-order chi connectivity index (χ0) is 22.1. The summed E-state index contributed by atoms with van der Waals surface area (Å²) in [5.41, 5.74) is 6.01. The second-order valence-corrected chi connectivity index (χ2v) is 9.08. The molecule has 6 nitrogen and oxygen atoms in total. The summed E-state index contributed by atoms with van der Waals surface area (Å²) in [5.74, 6) is 1.23. The number of allylic oxidation sites excluding steroid dienone is 1. The second-order valence-electron chi connectivity index (χ2n) is 9.08. The Hall–Kier alpha value is -2.86. The van der Waals surface area contributed by atoms with E-state index in [0.717, 1.165) is 69.7 Å². The van der Waals surface area contributed by atoms with E-state index in [1.807, 2.05) is 23.2 Å². The topological polar surface area (TPSA) is 65.9 Å². The van der Waals surface area contributed by atoms with E-state index >= 15 is 0 Å². The molecule has 1 aliphatic heterocycles. The highest BCUT2D eigenvalue weighted by atomic mass is 16.5. The first-order valence-corrected chi connectivity index (χ1v) is 11.7. The van der Waals surface area contributed by atoms with Gasteiger partial charge in [0.2, 0.25) is 5.91 Å². The first-order chi connectivity index (χ1) is 15.6. The number of rotatable bonds is 4. The number of aliphatic hydroxyl groups is 1. The Morgan fingerprint density at radius 2 is 1.75 bits per heavy atom. The van der Waals surface area contributed by atoms with Gasteiger partial charge in [-0.2, -0.15) is 0 Å². The first kappa shape index (κ1) is 21.0. The first-order valence-electron chi connectivity index (χ1n) is 11.7. The lowest BCUT2D eigenvalue weighted by molar-refractivity contribution is -0.137. The van der Waals surface area contributed by atoms with Crippen LogP contribution in [0.4, 0.5) is 5.69 Å². The fourth-order valence-electron chi connectivity index (χ4n) is 5.22. The van der Waals surface area contributed by atoms with Crippen molar-refractivity contribution in [3.8, 4) is 5.75 Å². The van der Waals surface area contributed by atoms with E-state index in [-0.39, 0.29) is 17.9 Å². The van der Waals surface area contributed by atoms with Gasteiger partial charge in [0.1, 0.15) is 5.75 Å². The monoisotopic (exact) mass is 433 g/mol. The number of fused-ring (bicyclic) bond motifs is 1. The lowest BCUT2D eigenvalue weighted by Crippen LogP contribution is -2.51. The van der Waals surface area contributed by atoms with Crippen molar-refractivity contribution in [2.75, 3.05) is 38.2 Å². The number of hydrogen-bond donors (Lipinski definition) is 1. The largest absolute Gasteiger partial charge is 0.497 e. The summed E-state index contributed by atoms with van der Waals surface area (Å²) in [5, 5.41) is 9.72. The van der Waals surface area contributed by atoms with E-state index in [2.05, 4.69) is 34.2 Å². The number of anilines is 1. The molecule has 1 saturated heterocycles. The van der Waals surface area contributed by atoms with Crippen LogP contribution in [-0.4, -0.2) is 60.3 Å². The van der Waals surface area contributed by atoms with Crippen molar-refractivity contribution in [1.29, 1.82) is 0 Å². The van der Waals surface area contributed by atoms with Crippen LogP contribution >= 0.6 is 0 Å². The Labute approximate surface area is 189 Å². The smallest absolute Gasteiger partial charge is 0.225 e. The fourth-order valence-corrected chi connectivity index (χ4v) is 5.22. The molecule has 3 aliphatic rings. The van der Waals surface area contributed by atoms with Gasteiger partial charge < -0.3 is 19.6 Å². The molecule has 32 heavy (non-hydrogen) atoms. The van der Waals surface area contributed by atoms with E-state index < -0.39 is 0 Å². The maximum atomic E-state index is 12.9. The molecule has 0 atom stereocenters. The minimum absolute atomic E-state index is 0.0881. The Morgan fingerprint density at radius 1 is 1.03 bits per heavy atom. The van der Waals surface area contributed by atoms with Crippen molar-refractivity contribution < 1.29 is 14.6 Å². The van der Waals surface area contributed by atoms with Crippen LogP contribution in [0.5, 0.6) is 5.75 Å². The molecule has 168 valence electrons. The van der Waals surface area contributed by atoms with Gasteiger partial charge in [0, 0.05) is 56.0 Å². The molecule has 2 heterocycles. The minimum Gasteiger partial charge on any atom is -0.497 e. The number of piperazine rings is 1. The average molecular weight is 434 g/mol. The molecule has 2 fully saturated rings. The highest BCUT2D eigenvalue weighted by molar-refractivity contribution is 5.92. The van der Waals surface area contributed by atoms with Crippen molar-refractivity contribution in [2.45, 2.75) is 38.2 Å². The number of benzene rings is 1. The van der Waals surface area contributed by atoms with Crippen LogP contribution in [0.2, 0.25) is 0 Å². The Bertz CT molecular complexity index is 1000. The van der Waals surface area contributed by atoms with E-state index in [1.54, 1.807) is 7.11 Å². The number of methoxy groups -OCH3 is 1. The summed E-state index contributed by atoms with van der Waals surface area (Å²) in [6.45, 7) is 3.18. The summed E-state index contributed by atoms with van der Waals surface area (Å²) >= 11 is 0. The van der Waals surface area contributed by atoms with Gasteiger partial charge in [-0.1, -0.05) is 12.1 Å². The number of amides is 1. The zero-order valence-electron chi connectivity index (χ0n) is 18.7. The third-order valence-electron chi connectivity index (χ3n) is 7.16. The highest BCUT2D eigenvalue weighted by Crippen LogP contribution is 2.37. The van der Waals surface area contributed by atoms with Crippen LogP contribution in [0.15, 0.2) is 36.5 Å². The lowest BCUT2D eigenvalue weighted by Gasteiger charge is -2.39. The van der Waals surface area contributed by atoms with E-state index in [4.69, 9.17) is 4.74 Å². The highest BCUT2D eigenvalue weighted by Gasteiger charge is 2.31. The predicted octanol–water partition coefficient (Wildman–Crippen LogP) is 3.39. The van der Waals surface area contributed by atoms with Gasteiger partial charge in [0.05, 0.1) is 18.9 Å².